The Bertz CT molecular complexity index is 1330. The first-order chi connectivity index (χ1) is 18.1. The first-order valence-corrected chi connectivity index (χ1v) is 13.1. The van der Waals surface area contributed by atoms with Crippen LogP contribution in [0.4, 0.5) is 0 Å². The van der Waals surface area contributed by atoms with E-state index in [9.17, 15) is 19.5 Å². The van der Waals surface area contributed by atoms with Gasteiger partial charge >= 0.3 is 11.9 Å². The van der Waals surface area contributed by atoms with E-state index in [1.54, 1.807) is 32.0 Å². The van der Waals surface area contributed by atoms with Crippen molar-refractivity contribution in [2.24, 2.45) is 0 Å². The molecule has 7 heteroatoms. The van der Waals surface area contributed by atoms with Crippen LogP contribution in [0, 0.1) is 20.8 Å². The van der Waals surface area contributed by atoms with E-state index < -0.39 is 17.9 Å². The van der Waals surface area contributed by atoms with E-state index in [1.807, 2.05) is 0 Å². The average molecular weight is 518 g/mol. The predicted molar refractivity (Wildman–Crippen MR) is 144 cm³/mol. The summed E-state index contributed by atoms with van der Waals surface area (Å²) in [5, 5.41) is 13.6. The lowest BCUT2D eigenvalue weighted by molar-refractivity contribution is -0.142. The lowest BCUT2D eigenvalue weighted by atomic mass is 9.70. The third kappa shape index (κ3) is 5.37. The largest absolute Gasteiger partial charge is 0.508 e. The highest BCUT2D eigenvalue weighted by atomic mass is 16.5. The van der Waals surface area contributed by atoms with Crippen molar-refractivity contribution in [1.29, 1.82) is 0 Å². The second kappa shape index (κ2) is 11.3. The van der Waals surface area contributed by atoms with Gasteiger partial charge in [-0.15, -0.1) is 0 Å². The molecule has 1 heterocycles. The van der Waals surface area contributed by atoms with Crippen molar-refractivity contribution in [3.63, 3.8) is 0 Å². The second-order valence-corrected chi connectivity index (χ2v) is 9.98. The molecule has 0 amide bonds. The summed E-state index contributed by atoms with van der Waals surface area (Å²) in [5.41, 5.74) is 6.90. The molecule has 1 aliphatic carbocycles. The van der Waals surface area contributed by atoms with Gasteiger partial charge in [0.25, 0.3) is 0 Å². The molecule has 200 valence electrons. The van der Waals surface area contributed by atoms with Gasteiger partial charge in [0.05, 0.1) is 25.2 Å². The quantitative estimate of drug-likeness (QED) is 0.488. The normalized spacial score (nSPS) is 19.1. The second-order valence-electron chi connectivity index (χ2n) is 9.98. The number of aromatic hydroxyl groups is 1. The highest BCUT2D eigenvalue weighted by Crippen LogP contribution is 2.47. The van der Waals surface area contributed by atoms with Crippen molar-refractivity contribution >= 4 is 17.7 Å². The lowest BCUT2D eigenvalue weighted by Gasteiger charge is -2.38. The molecule has 2 unspecified atom stereocenters. The number of rotatable bonds is 7. The van der Waals surface area contributed by atoms with Crippen LogP contribution in [0.2, 0.25) is 0 Å². The summed E-state index contributed by atoms with van der Waals surface area (Å²) in [6.45, 7) is 9.96. The summed E-state index contributed by atoms with van der Waals surface area (Å²) in [6, 6.07) is 10.8. The smallest absolute Gasteiger partial charge is 0.336 e. The fraction of sp³-hybridized carbons (Fsp3) is 0.387. The number of carbonyl (C=O) groups excluding carboxylic acids is 3. The number of nitrogens with one attached hydrogen (secondary N) is 1. The van der Waals surface area contributed by atoms with Gasteiger partial charge in [0.2, 0.25) is 0 Å². The molecule has 2 N–H and O–H groups in total. The molecule has 0 saturated carbocycles. The van der Waals surface area contributed by atoms with Crippen molar-refractivity contribution in [3.8, 4) is 5.75 Å². The van der Waals surface area contributed by atoms with Gasteiger partial charge in [-0.05, 0) is 81.3 Å². The summed E-state index contributed by atoms with van der Waals surface area (Å²) >= 11 is 0. The number of esters is 2. The zero-order valence-corrected chi connectivity index (χ0v) is 22.6. The summed E-state index contributed by atoms with van der Waals surface area (Å²) in [4.78, 5) is 39.8. The highest BCUT2D eigenvalue weighted by molar-refractivity contribution is 6.04. The van der Waals surface area contributed by atoms with Gasteiger partial charge in [-0.1, -0.05) is 29.8 Å². The van der Waals surface area contributed by atoms with Gasteiger partial charge in [0, 0.05) is 29.3 Å². The summed E-state index contributed by atoms with van der Waals surface area (Å²) < 4.78 is 10.6. The Morgan fingerprint density at radius 1 is 1.00 bits per heavy atom. The van der Waals surface area contributed by atoms with Crippen molar-refractivity contribution in [2.75, 3.05) is 13.2 Å². The van der Waals surface area contributed by atoms with Gasteiger partial charge in [-0.3, -0.25) is 9.59 Å². The van der Waals surface area contributed by atoms with Gasteiger partial charge in [0.1, 0.15) is 5.75 Å². The van der Waals surface area contributed by atoms with Crippen molar-refractivity contribution in [2.45, 2.75) is 65.7 Å². The zero-order valence-electron chi connectivity index (χ0n) is 22.6. The Kier molecular flexibility index (Phi) is 8.05. The molecule has 0 fully saturated rings. The van der Waals surface area contributed by atoms with Crippen LogP contribution in [0.1, 0.15) is 72.8 Å². The first kappa shape index (κ1) is 27.2. The number of allylic oxidation sites excluding steroid dienone is 2. The molecule has 0 saturated heterocycles. The zero-order chi connectivity index (χ0) is 27.6. The molecule has 7 nitrogen and oxygen atoms in total. The van der Waals surface area contributed by atoms with Crippen LogP contribution < -0.4 is 5.32 Å². The Morgan fingerprint density at radius 2 is 1.68 bits per heavy atom. The molecular weight excluding hydrogens is 482 g/mol. The number of phenols is 1. The predicted octanol–water partition coefficient (Wildman–Crippen LogP) is 5.18. The number of hydrogen-bond donors (Lipinski definition) is 2. The third-order valence-electron chi connectivity index (χ3n) is 7.18. The Hall–Kier alpha value is -3.87. The van der Waals surface area contributed by atoms with E-state index in [1.165, 1.54) is 11.6 Å². The number of aryl methyl sites for hydroxylation is 3. The minimum atomic E-state index is -0.782. The molecular formula is C31H35NO6. The van der Waals surface area contributed by atoms with E-state index in [2.05, 4.69) is 38.2 Å². The van der Waals surface area contributed by atoms with Crippen molar-refractivity contribution in [3.05, 3.63) is 86.8 Å². The van der Waals surface area contributed by atoms with Crippen LogP contribution in [-0.4, -0.2) is 36.0 Å². The van der Waals surface area contributed by atoms with Crippen LogP contribution in [0.25, 0.3) is 0 Å². The minimum absolute atomic E-state index is 0.0189. The number of benzene rings is 2. The maximum absolute atomic E-state index is 13.9. The highest BCUT2D eigenvalue weighted by Gasteiger charge is 2.43. The standard InChI is InChI=1S/C31H35NO6/c1-6-37-26(35)16-24-30(31(36)38-7-2)28(20-9-8-10-22(33)13-20)29-23(32-24)14-21(15-25(29)34)27-18(4)11-17(3)12-19(27)5/h8-13,21,28,32-33H,6-7,14-16H2,1-5H3. The summed E-state index contributed by atoms with van der Waals surface area (Å²) in [5.74, 6) is -1.99. The van der Waals surface area contributed by atoms with Crippen LogP contribution in [-0.2, 0) is 23.9 Å². The molecule has 0 radical (unpaired) electrons. The van der Waals surface area contributed by atoms with Crippen molar-refractivity contribution < 1.29 is 29.0 Å². The molecule has 2 atom stereocenters. The van der Waals surface area contributed by atoms with Crippen molar-refractivity contribution in [1.82, 2.24) is 5.32 Å². The number of hydrogen-bond acceptors (Lipinski definition) is 7. The molecule has 2 aliphatic rings. The average Bonchev–Trinajstić information content (AvgIpc) is 2.82. The topological polar surface area (TPSA) is 102 Å². The summed E-state index contributed by atoms with van der Waals surface area (Å²) in [6.07, 6.45) is 0.670. The van der Waals surface area contributed by atoms with Gasteiger partial charge in [-0.2, -0.15) is 0 Å². The molecule has 4 rings (SSSR count). The Labute approximate surface area is 223 Å². The monoisotopic (exact) mass is 517 g/mol. The molecule has 2 aromatic carbocycles. The van der Waals surface area contributed by atoms with E-state index in [4.69, 9.17) is 9.47 Å². The number of Topliss-reactive ketones (excluding diaryl/α,β-unsaturated/α-hetero) is 1. The molecule has 38 heavy (non-hydrogen) atoms. The van der Waals surface area contributed by atoms with E-state index in [0.717, 1.165) is 16.7 Å². The van der Waals surface area contributed by atoms with Crippen LogP contribution >= 0.6 is 0 Å². The third-order valence-corrected chi connectivity index (χ3v) is 7.18. The lowest BCUT2D eigenvalue weighted by Crippen LogP contribution is -2.37. The molecule has 0 aromatic heterocycles. The molecule has 1 aliphatic heterocycles. The van der Waals surface area contributed by atoms with E-state index in [-0.39, 0.29) is 42.7 Å². The summed E-state index contributed by atoms with van der Waals surface area (Å²) in [7, 11) is 0. The minimum Gasteiger partial charge on any atom is -0.508 e. The fourth-order valence-corrected chi connectivity index (χ4v) is 5.97. The number of carbonyl (C=O) groups is 3. The molecule has 0 bridgehead atoms. The van der Waals surface area contributed by atoms with Crippen LogP contribution in [0.3, 0.4) is 0 Å². The van der Waals surface area contributed by atoms with Crippen LogP contribution in [0.5, 0.6) is 5.75 Å². The van der Waals surface area contributed by atoms with Gasteiger partial charge in [0.15, 0.2) is 5.78 Å². The number of phenolic OH excluding ortho intramolecular Hbond substituents is 1. The number of ketones is 1. The van der Waals surface area contributed by atoms with Gasteiger partial charge < -0.3 is 19.9 Å². The fourth-order valence-electron chi connectivity index (χ4n) is 5.97. The SMILES string of the molecule is CCOC(=O)CC1=C(C(=O)OCC)C(c2cccc(O)c2)C2=C(CC(c3c(C)cc(C)cc3C)CC2=O)N1. The maximum Gasteiger partial charge on any atom is 0.336 e. The van der Waals surface area contributed by atoms with Gasteiger partial charge in [-0.25, -0.2) is 4.79 Å². The number of ether oxygens (including phenoxy) is 2. The Balaban J connectivity index is 1.88. The number of dihydropyridines is 1. The first-order valence-electron chi connectivity index (χ1n) is 13.1. The molecule has 0 spiro atoms. The van der Waals surface area contributed by atoms with Crippen LogP contribution in [0.15, 0.2) is 58.9 Å². The Morgan fingerprint density at radius 3 is 2.32 bits per heavy atom. The van der Waals surface area contributed by atoms with E-state index >= 15 is 0 Å². The molecule has 2 aromatic rings. The van der Waals surface area contributed by atoms with E-state index in [0.29, 0.717) is 35.4 Å². The maximum atomic E-state index is 13.9.